The van der Waals surface area contributed by atoms with Gasteiger partial charge in [0.1, 0.15) is 11.6 Å². The van der Waals surface area contributed by atoms with Crippen LogP contribution in [0.1, 0.15) is 36.1 Å². The highest BCUT2D eigenvalue weighted by molar-refractivity contribution is 7.98. The van der Waals surface area contributed by atoms with Crippen LogP contribution in [-0.4, -0.2) is 22.8 Å². The number of ether oxygens (including phenoxy) is 1. The van der Waals surface area contributed by atoms with Crippen LogP contribution < -0.4 is 10.1 Å². The lowest BCUT2D eigenvalue weighted by atomic mass is 9.95. The highest BCUT2D eigenvalue weighted by atomic mass is 32.2. The van der Waals surface area contributed by atoms with Gasteiger partial charge in [-0.05, 0) is 36.2 Å². The van der Waals surface area contributed by atoms with Gasteiger partial charge in [0, 0.05) is 17.1 Å². The van der Waals surface area contributed by atoms with Gasteiger partial charge in [0.2, 0.25) is 5.91 Å². The lowest BCUT2D eigenvalue weighted by Gasteiger charge is -2.17. The molecular weight excluding hydrogens is 370 g/mol. The number of benzene rings is 2. The molecule has 0 unspecified atom stereocenters. The van der Waals surface area contributed by atoms with E-state index >= 15 is 0 Å². The maximum absolute atomic E-state index is 13.1. The molecule has 0 saturated carbocycles. The van der Waals surface area contributed by atoms with Crippen LogP contribution in [0.5, 0.6) is 5.75 Å². The molecular formula is C22H23N3O2S. The molecule has 1 aliphatic heterocycles. The molecule has 144 valence electrons. The molecule has 5 nitrogen and oxygen atoms in total. The van der Waals surface area contributed by atoms with E-state index in [0.29, 0.717) is 0 Å². The number of carbonyl (C=O) groups is 1. The highest BCUT2D eigenvalue weighted by Crippen LogP contribution is 2.37. The Morgan fingerprint density at radius 2 is 1.93 bits per heavy atom. The molecule has 2 heterocycles. The average molecular weight is 394 g/mol. The Labute approximate surface area is 169 Å². The van der Waals surface area contributed by atoms with Crippen LogP contribution >= 0.6 is 11.8 Å². The molecule has 1 atom stereocenters. The zero-order chi connectivity index (χ0) is 19.5. The molecule has 1 N–H and O–H groups in total. The SMILES string of the molecule is CC[C@H](C(=O)Nc1c2c(nn1-c1ccc(OC)cc1)CSC2)c1ccccc1. The first kappa shape index (κ1) is 18.6. The number of methoxy groups -OCH3 is 1. The van der Waals surface area contributed by atoms with E-state index in [-0.39, 0.29) is 11.8 Å². The summed E-state index contributed by atoms with van der Waals surface area (Å²) in [6.07, 6.45) is 0.740. The fourth-order valence-corrected chi connectivity index (χ4v) is 4.55. The maximum Gasteiger partial charge on any atom is 0.233 e. The molecule has 0 aliphatic carbocycles. The molecule has 28 heavy (non-hydrogen) atoms. The Bertz CT molecular complexity index is 967. The van der Waals surface area contributed by atoms with Crippen molar-refractivity contribution in [3.05, 3.63) is 71.4 Å². The summed E-state index contributed by atoms with van der Waals surface area (Å²) in [5.74, 6) is 3.12. The summed E-state index contributed by atoms with van der Waals surface area (Å²) in [6, 6.07) is 17.7. The Morgan fingerprint density at radius 3 is 2.61 bits per heavy atom. The van der Waals surface area contributed by atoms with Gasteiger partial charge in [0.05, 0.1) is 24.4 Å². The summed E-state index contributed by atoms with van der Waals surface area (Å²) < 4.78 is 7.10. The van der Waals surface area contributed by atoms with Crippen molar-refractivity contribution >= 4 is 23.5 Å². The fourth-order valence-electron chi connectivity index (χ4n) is 3.51. The number of amides is 1. The average Bonchev–Trinajstić information content (AvgIpc) is 3.32. The van der Waals surface area contributed by atoms with Gasteiger partial charge in [0.25, 0.3) is 0 Å². The number of fused-ring (bicyclic) bond motifs is 1. The van der Waals surface area contributed by atoms with Crippen LogP contribution in [0.25, 0.3) is 5.69 Å². The van der Waals surface area contributed by atoms with E-state index in [1.54, 1.807) is 7.11 Å². The van der Waals surface area contributed by atoms with Crippen LogP contribution in [0, 0.1) is 0 Å². The third kappa shape index (κ3) is 3.52. The Morgan fingerprint density at radius 1 is 1.18 bits per heavy atom. The third-order valence-electron chi connectivity index (χ3n) is 5.04. The number of carbonyl (C=O) groups excluding carboxylic acids is 1. The molecule has 0 fully saturated rings. The van der Waals surface area contributed by atoms with E-state index in [0.717, 1.165) is 52.0 Å². The lowest BCUT2D eigenvalue weighted by Crippen LogP contribution is -2.23. The van der Waals surface area contributed by atoms with Crippen molar-refractivity contribution in [2.75, 3.05) is 12.4 Å². The zero-order valence-electron chi connectivity index (χ0n) is 16.0. The summed E-state index contributed by atoms with van der Waals surface area (Å²) >= 11 is 1.82. The summed E-state index contributed by atoms with van der Waals surface area (Å²) in [7, 11) is 1.65. The minimum absolute atomic E-state index is 0.00283. The predicted octanol–water partition coefficient (Wildman–Crippen LogP) is 4.76. The monoisotopic (exact) mass is 393 g/mol. The van der Waals surface area contributed by atoms with Crippen molar-refractivity contribution in [3.8, 4) is 11.4 Å². The number of nitrogens with zero attached hydrogens (tertiary/aromatic N) is 2. The molecule has 0 bridgehead atoms. The summed E-state index contributed by atoms with van der Waals surface area (Å²) in [5.41, 5.74) is 4.10. The standard InChI is InChI=1S/C22H23N3O2S/c1-3-18(15-7-5-4-6-8-15)22(26)23-21-19-13-28-14-20(19)24-25(21)16-9-11-17(27-2)12-10-16/h4-12,18H,3,13-14H2,1-2H3,(H,23,26)/t18-/m0/s1. The fraction of sp³-hybridized carbons (Fsp3) is 0.273. The number of thioether (sulfide) groups is 1. The van der Waals surface area contributed by atoms with Crippen molar-refractivity contribution in [2.45, 2.75) is 30.8 Å². The first-order chi connectivity index (χ1) is 13.7. The number of hydrogen-bond donors (Lipinski definition) is 1. The number of anilines is 1. The quantitative estimate of drug-likeness (QED) is 0.656. The normalized spacial score (nSPS) is 13.8. The van der Waals surface area contributed by atoms with E-state index in [9.17, 15) is 4.79 Å². The number of hydrogen-bond acceptors (Lipinski definition) is 4. The van der Waals surface area contributed by atoms with Crippen LogP contribution in [0.2, 0.25) is 0 Å². The van der Waals surface area contributed by atoms with Gasteiger partial charge in [-0.25, -0.2) is 4.68 Å². The van der Waals surface area contributed by atoms with Crippen LogP contribution in [0.15, 0.2) is 54.6 Å². The van der Waals surface area contributed by atoms with Gasteiger partial charge in [-0.2, -0.15) is 16.9 Å². The predicted molar refractivity (Wildman–Crippen MR) is 113 cm³/mol. The second kappa shape index (κ2) is 8.10. The van der Waals surface area contributed by atoms with Gasteiger partial charge in [-0.1, -0.05) is 37.3 Å². The van der Waals surface area contributed by atoms with Gasteiger partial charge >= 0.3 is 0 Å². The van der Waals surface area contributed by atoms with Gasteiger partial charge in [-0.3, -0.25) is 4.79 Å². The lowest BCUT2D eigenvalue weighted by molar-refractivity contribution is -0.117. The van der Waals surface area contributed by atoms with Crippen LogP contribution in [-0.2, 0) is 16.3 Å². The van der Waals surface area contributed by atoms with Gasteiger partial charge in [-0.15, -0.1) is 0 Å². The molecule has 1 aromatic heterocycles. The highest BCUT2D eigenvalue weighted by Gasteiger charge is 2.27. The largest absolute Gasteiger partial charge is 0.497 e. The van der Waals surface area contributed by atoms with Gasteiger partial charge in [0.15, 0.2) is 0 Å². The van der Waals surface area contributed by atoms with Crippen LogP contribution in [0.4, 0.5) is 5.82 Å². The van der Waals surface area contributed by atoms with Gasteiger partial charge < -0.3 is 10.1 Å². The molecule has 1 amide bonds. The summed E-state index contributed by atoms with van der Waals surface area (Å²) in [4.78, 5) is 13.1. The van der Waals surface area contributed by atoms with E-state index in [1.165, 1.54) is 0 Å². The second-order valence-corrected chi connectivity index (χ2v) is 7.72. The first-order valence-corrected chi connectivity index (χ1v) is 10.6. The van der Waals surface area contributed by atoms with Crippen molar-refractivity contribution in [1.82, 2.24) is 9.78 Å². The van der Waals surface area contributed by atoms with E-state index < -0.39 is 0 Å². The topological polar surface area (TPSA) is 56.2 Å². The number of nitrogens with one attached hydrogen (secondary N) is 1. The zero-order valence-corrected chi connectivity index (χ0v) is 16.8. The van der Waals surface area contributed by atoms with Crippen molar-refractivity contribution in [2.24, 2.45) is 0 Å². The third-order valence-corrected chi connectivity index (χ3v) is 6.01. The van der Waals surface area contributed by atoms with E-state index in [4.69, 9.17) is 9.84 Å². The molecule has 4 rings (SSSR count). The molecule has 0 radical (unpaired) electrons. The van der Waals surface area contributed by atoms with E-state index in [2.05, 4.69) is 5.32 Å². The van der Waals surface area contributed by atoms with Crippen molar-refractivity contribution in [3.63, 3.8) is 0 Å². The summed E-state index contributed by atoms with van der Waals surface area (Å²) in [5, 5.41) is 7.95. The Balaban J connectivity index is 1.67. The first-order valence-electron chi connectivity index (χ1n) is 9.40. The second-order valence-electron chi connectivity index (χ2n) is 6.74. The summed E-state index contributed by atoms with van der Waals surface area (Å²) in [6.45, 7) is 2.04. The molecule has 3 aromatic rings. The molecule has 2 aromatic carbocycles. The molecule has 0 spiro atoms. The minimum Gasteiger partial charge on any atom is -0.497 e. The molecule has 0 saturated heterocycles. The molecule has 6 heteroatoms. The van der Waals surface area contributed by atoms with E-state index in [1.807, 2.05) is 78.0 Å². The van der Waals surface area contributed by atoms with Crippen LogP contribution in [0.3, 0.4) is 0 Å². The smallest absolute Gasteiger partial charge is 0.233 e. The Kier molecular flexibility index (Phi) is 5.39. The Hall–Kier alpha value is -2.73. The number of rotatable bonds is 6. The maximum atomic E-state index is 13.1. The minimum atomic E-state index is -0.190. The van der Waals surface area contributed by atoms with Crippen molar-refractivity contribution < 1.29 is 9.53 Å². The molecule has 1 aliphatic rings. The number of aromatic nitrogens is 2. The van der Waals surface area contributed by atoms with Crippen molar-refractivity contribution in [1.29, 1.82) is 0 Å².